The number of carbonyl (C=O) groups excluding carboxylic acids is 2. The van der Waals surface area contributed by atoms with Gasteiger partial charge in [0.1, 0.15) is 11.3 Å². The van der Waals surface area contributed by atoms with Gasteiger partial charge in [-0.1, -0.05) is 30.7 Å². The molecule has 3 aromatic rings. The van der Waals surface area contributed by atoms with Gasteiger partial charge in [0.25, 0.3) is 5.91 Å². The van der Waals surface area contributed by atoms with Gasteiger partial charge in [-0.15, -0.1) is 0 Å². The van der Waals surface area contributed by atoms with Crippen LogP contribution in [-0.2, 0) is 4.79 Å². The van der Waals surface area contributed by atoms with Crippen LogP contribution >= 0.6 is 0 Å². The average molecular weight is 477 g/mol. The van der Waals surface area contributed by atoms with Crippen molar-refractivity contribution in [2.45, 2.75) is 32.7 Å². The summed E-state index contributed by atoms with van der Waals surface area (Å²) in [5.74, 6) is -0.741. The number of Topliss-reactive ketones (excluding diaryl/α,β-unsaturated/α-hetero) is 1. The molecule has 1 aliphatic heterocycles. The second-order valence-corrected chi connectivity index (χ2v) is 9.22. The molecule has 7 nitrogen and oxygen atoms in total. The van der Waals surface area contributed by atoms with Crippen molar-refractivity contribution in [3.05, 3.63) is 76.8 Å². The normalized spacial score (nSPS) is 16.1. The number of aliphatic hydroxyl groups excluding tert-OH is 1. The second kappa shape index (κ2) is 10.4. The summed E-state index contributed by atoms with van der Waals surface area (Å²) in [5.41, 5.74) is 2.40. The number of aryl methyl sites for hydroxylation is 1. The van der Waals surface area contributed by atoms with E-state index in [0.29, 0.717) is 30.9 Å². The van der Waals surface area contributed by atoms with Crippen LogP contribution in [-0.4, -0.2) is 60.4 Å². The Labute approximate surface area is 205 Å². The lowest BCUT2D eigenvalue weighted by Crippen LogP contribution is -2.33. The van der Waals surface area contributed by atoms with Gasteiger partial charge in [-0.05, 0) is 76.3 Å². The van der Waals surface area contributed by atoms with Gasteiger partial charge in [-0.3, -0.25) is 9.59 Å². The molecule has 4 rings (SSSR count). The average Bonchev–Trinajstić information content (AvgIpc) is 3.36. The quantitative estimate of drug-likeness (QED) is 0.412. The van der Waals surface area contributed by atoms with Crippen molar-refractivity contribution in [1.29, 1.82) is 0 Å². The lowest BCUT2D eigenvalue weighted by atomic mass is 9.95. The maximum absolute atomic E-state index is 13.7. The Balaban J connectivity index is 1.71. The lowest BCUT2D eigenvalue weighted by molar-refractivity contribution is -0.129. The van der Waals surface area contributed by atoms with E-state index < -0.39 is 23.5 Å². The number of benzene rings is 2. The minimum atomic E-state index is -0.715. The van der Waals surface area contributed by atoms with Gasteiger partial charge in [0.05, 0.1) is 18.2 Å². The summed E-state index contributed by atoms with van der Waals surface area (Å²) in [6.07, 6.45) is 1.59. The predicted molar refractivity (Wildman–Crippen MR) is 135 cm³/mol. The van der Waals surface area contributed by atoms with Gasteiger partial charge >= 0.3 is 0 Å². The molecule has 1 atom stereocenters. The Hall–Kier alpha value is -3.58. The first kappa shape index (κ1) is 24.5. The summed E-state index contributed by atoms with van der Waals surface area (Å²) in [6, 6.07) is 14.0. The fourth-order valence-electron chi connectivity index (χ4n) is 4.39. The van der Waals surface area contributed by atoms with Gasteiger partial charge in [0, 0.05) is 11.9 Å². The molecule has 0 saturated carbocycles. The molecule has 1 aromatic heterocycles. The summed E-state index contributed by atoms with van der Waals surface area (Å²) < 4.78 is 11.5. The maximum atomic E-state index is 13.7. The number of fused-ring (bicyclic) bond motifs is 1. The highest BCUT2D eigenvalue weighted by Crippen LogP contribution is 2.40. The van der Waals surface area contributed by atoms with Crippen LogP contribution in [0.25, 0.3) is 11.0 Å². The van der Waals surface area contributed by atoms with E-state index in [-0.39, 0.29) is 11.3 Å². The Morgan fingerprint density at radius 1 is 1.14 bits per heavy atom. The zero-order valence-corrected chi connectivity index (χ0v) is 20.7. The molecule has 0 fully saturated rings. The molecule has 1 N–H and O–H groups in total. The SMILES string of the molecule is CCCOc1ccc(C2C(C(=O)c3cc4cc(C)ccc4o3)=C(O)C(=O)N2CCCN(C)C)cc1. The highest BCUT2D eigenvalue weighted by atomic mass is 16.5. The van der Waals surface area contributed by atoms with E-state index in [9.17, 15) is 14.7 Å². The van der Waals surface area contributed by atoms with Crippen molar-refractivity contribution >= 4 is 22.7 Å². The van der Waals surface area contributed by atoms with E-state index in [2.05, 4.69) is 0 Å². The number of ether oxygens (including phenoxy) is 1. The van der Waals surface area contributed by atoms with Crippen LogP contribution in [0.5, 0.6) is 5.75 Å². The fourth-order valence-corrected chi connectivity index (χ4v) is 4.39. The van der Waals surface area contributed by atoms with Crippen LogP contribution in [0.1, 0.15) is 47.5 Å². The van der Waals surface area contributed by atoms with Crippen LogP contribution in [0, 0.1) is 6.92 Å². The van der Waals surface area contributed by atoms with E-state index in [0.717, 1.165) is 29.5 Å². The van der Waals surface area contributed by atoms with Gasteiger partial charge < -0.3 is 24.1 Å². The number of furan rings is 1. The number of aliphatic hydroxyl groups is 1. The third-order valence-electron chi connectivity index (χ3n) is 6.12. The number of nitrogens with zero attached hydrogens (tertiary/aromatic N) is 2. The predicted octanol–water partition coefficient (Wildman–Crippen LogP) is 5.06. The van der Waals surface area contributed by atoms with Gasteiger partial charge in [-0.25, -0.2) is 0 Å². The van der Waals surface area contributed by atoms with Crippen LogP contribution < -0.4 is 4.74 Å². The Bertz CT molecular complexity index is 1260. The van der Waals surface area contributed by atoms with Crippen LogP contribution in [0.15, 0.2) is 64.3 Å². The van der Waals surface area contributed by atoms with Crippen molar-refractivity contribution in [3.63, 3.8) is 0 Å². The number of hydrogen-bond acceptors (Lipinski definition) is 6. The molecule has 2 aromatic carbocycles. The molecule has 35 heavy (non-hydrogen) atoms. The second-order valence-electron chi connectivity index (χ2n) is 9.22. The highest BCUT2D eigenvalue weighted by molar-refractivity contribution is 6.16. The van der Waals surface area contributed by atoms with Crippen molar-refractivity contribution in [3.8, 4) is 5.75 Å². The summed E-state index contributed by atoms with van der Waals surface area (Å²) in [6.45, 7) is 5.78. The van der Waals surface area contributed by atoms with Gasteiger partial charge in [0.2, 0.25) is 5.78 Å². The largest absolute Gasteiger partial charge is 0.503 e. The molecule has 1 aliphatic rings. The molecule has 2 heterocycles. The van der Waals surface area contributed by atoms with Gasteiger partial charge in [-0.2, -0.15) is 0 Å². The van der Waals surface area contributed by atoms with E-state index in [1.54, 1.807) is 11.0 Å². The number of ketones is 1. The summed E-state index contributed by atoms with van der Waals surface area (Å²) in [7, 11) is 3.93. The number of rotatable bonds is 10. The lowest BCUT2D eigenvalue weighted by Gasteiger charge is -2.27. The molecule has 0 aliphatic carbocycles. The molecule has 0 radical (unpaired) electrons. The van der Waals surface area contributed by atoms with Crippen molar-refractivity contribution in [2.75, 3.05) is 33.8 Å². The van der Waals surface area contributed by atoms with Crippen molar-refractivity contribution in [2.24, 2.45) is 0 Å². The third-order valence-corrected chi connectivity index (χ3v) is 6.12. The smallest absolute Gasteiger partial charge is 0.290 e. The zero-order chi connectivity index (χ0) is 25.1. The number of carbonyl (C=O) groups is 2. The van der Waals surface area contributed by atoms with Crippen molar-refractivity contribution in [1.82, 2.24) is 9.80 Å². The number of hydrogen-bond donors (Lipinski definition) is 1. The first-order chi connectivity index (χ1) is 16.8. The Morgan fingerprint density at radius 3 is 2.57 bits per heavy atom. The van der Waals surface area contributed by atoms with Crippen molar-refractivity contribution < 1.29 is 23.8 Å². The minimum Gasteiger partial charge on any atom is -0.503 e. The van der Waals surface area contributed by atoms with E-state index in [1.807, 2.05) is 75.3 Å². The first-order valence-electron chi connectivity index (χ1n) is 12.0. The maximum Gasteiger partial charge on any atom is 0.290 e. The number of amides is 1. The molecule has 184 valence electrons. The third kappa shape index (κ3) is 5.10. The summed E-state index contributed by atoms with van der Waals surface area (Å²) in [5, 5.41) is 11.7. The fraction of sp³-hybridized carbons (Fsp3) is 0.357. The Kier molecular flexibility index (Phi) is 7.26. The minimum absolute atomic E-state index is 0.0397. The summed E-state index contributed by atoms with van der Waals surface area (Å²) in [4.78, 5) is 30.4. The molecule has 7 heteroatoms. The molecular formula is C28H32N2O5. The standard InChI is InChI=1S/C28H32N2O5/c1-5-15-34-21-10-8-19(9-11-21)25-24(27(32)28(33)30(25)14-6-13-29(3)4)26(31)23-17-20-16-18(2)7-12-22(20)35-23/h7-12,16-17,25,32H,5-6,13-15H2,1-4H3. The van der Waals surface area contributed by atoms with Crippen LogP contribution in [0.3, 0.4) is 0 Å². The molecule has 0 bridgehead atoms. The molecule has 0 saturated heterocycles. The van der Waals surface area contributed by atoms with E-state index in [1.165, 1.54) is 0 Å². The zero-order valence-electron chi connectivity index (χ0n) is 20.7. The monoisotopic (exact) mass is 476 g/mol. The molecular weight excluding hydrogens is 444 g/mol. The van der Waals surface area contributed by atoms with Crippen LogP contribution in [0.4, 0.5) is 0 Å². The molecule has 0 spiro atoms. The molecule has 1 unspecified atom stereocenters. The summed E-state index contributed by atoms with van der Waals surface area (Å²) >= 11 is 0. The topological polar surface area (TPSA) is 83.2 Å². The van der Waals surface area contributed by atoms with E-state index in [4.69, 9.17) is 9.15 Å². The molecule has 1 amide bonds. The van der Waals surface area contributed by atoms with Crippen LogP contribution in [0.2, 0.25) is 0 Å². The highest BCUT2D eigenvalue weighted by Gasteiger charge is 2.44. The van der Waals surface area contributed by atoms with Gasteiger partial charge in [0.15, 0.2) is 11.5 Å². The first-order valence-corrected chi connectivity index (χ1v) is 12.0. The Morgan fingerprint density at radius 2 is 1.89 bits per heavy atom. The van der Waals surface area contributed by atoms with E-state index >= 15 is 0 Å².